The van der Waals surface area contributed by atoms with Crippen LogP contribution < -0.4 is 5.32 Å². The Bertz CT molecular complexity index is 758. The maximum absolute atomic E-state index is 13.3. The molecule has 1 N–H and O–H groups in total. The summed E-state index contributed by atoms with van der Waals surface area (Å²) < 4.78 is 4.99. The SMILES string of the molecule is COCCNC(=O)c1ccc2c(c1)[C@]1(C)CCN(CC3CC3)[C@H](C2=O)[C@@H]1C. The van der Waals surface area contributed by atoms with Crippen LogP contribution in [0.1, 0.15) is 59.4 Å². The van der Waals surface area contributed by atoms with E-state index >= 15 is 0 Å². The molecule has 1 amide bonds. The number of ether oxygens (including phenoxy) is 1. The summed E-state index contributed by atoms with van der Waals surface area (Å²) in [5.74, 6) is 1.18. The second-order valence-corrected chi connectivity index (χ2v) is 8.71. The van der Waals surface area contributed by atoms with Crippen LogP contribution >= 0.6 is 0 Å². The summed E-state index contributed by atoms with van der Waals surface area (Å²) in [7, 11) is 1.62. The molecule has 0 aromatic heterocycles. The maximum atomic E-state index is 13.3. The number of ketones is 1. The van der Waals surface area contributed by atoms with E-state index in [2.05, 4.69) is 24.1 Å². The zero-order chi connectivity index (χ0) is 19.2. The molecule has 5 nitrogen and oxygen atoms in total. The molecule has 0 spiro atoms. The van der Waals surface area contributed by atoms with Gasteiger partial charge in [0.1, 0.15) is 0 Å². The van der Waals surface area contributed by atoms with Crippen molar-refractivity contribution in [1.29, 1.82) is 0 Å². The van der Waals surface area contributed by atoms with Gasteiger partial charge in [-0.05, 0) is 60.8 Å². The molecule has 4 rings (SSSR count). The molecular formula is C22H30N2O3. The van der Waals surface area contributed by atoms with Crippen molar-refractivity contribution in [1.82, 2.24) is 10.2 Å². The first-order valence-corrected chi connectivity index (χ1v) is 10.2. The number of carbonyl (C=O) groups is 2. The van der Waals surface area contributed by atoms with E-state index in [9.17, 15) is 9.59 Å². The van der Waals surface area contributed by atoms with E-state index in [-0.39, 0.29) is 29.1 Å². The Labute approximate surface area is 161 Å². The molecule has 0 radical (unpaired) electrons. The standard InChI is InChI=1S/C22H30N2O3/c1-14-19-20(25)17-7-6-16(21(26)23-9-11-27-3)12-18(17)22(14,2)8-10-24(19)13-15-4-5-15/h6-7,12,14-15,19H,4-5,8-11,13H2,1-3H3,(H,23,26)/t14-,19-,22+/m0/s1. The van der Waals surface area contributed by atoms with Crippen molar-refractivity contribution in [3.8, 4) is 0 Å². The zero-order valence-electron chi connectivity index (χ0n) is 16.6. The first kappa shape index (κ1) is 18.6. The molecule has 2 bridgehead atoms. The van der Waals surface area contributed by atoms with Crippen LogP contribution in [0, 0.1) is 11.8 Å². The lowest BCUT2D eigenvalue weighted by Gasteiger charge is -2.53. The van der Waals surface area contributed by atoms with Gasteiger partial charge in [0.2, 0.25) is 0 Å². The van der Waals surface area contributed by atoms with Crippen molar-refractivity contribution < 1.29 is 14.3 Å². The molecule has 0 unspecified atom stereocenters. The molecule has 27 heavy (non-hydrogen) atoms. The number of nitrogens with one attached hydrogen (secondary N) is 1. The Hall–Kier alpha value is -1.72. The van der Waals surface area contributed by atoms with Gasteiger partial charge in [0, 0.05) is 31.3 Å². The van der Waals surface area contributed by atoms with Crippen LogP contribution in [0.5, 0.6) is 0 Å². The monoisotopic (exact) mass is 370 g/mol. The highest BCUT2D eigenvalue weighted by atomic mass is 16.5. The fraction of sp³-hybridized carbons (Fsp3) is 0.636. The Kier molecular flexibility index (Phi) is 4.85. The average molecular weight is 370 g/mol. The molecule has 5 heteroatoms. The normalized spacial score (nSPS) is 30.1. The fourth-order valence-electron chi connectivity index (χ4n) is 4.92. The van der Waals surface area contributed by atoms with Gasteiger partial charge in [-0.3, -0.25) is 14.5 Å². The number of benzene rings is 1. The van der Waals surface area contributed by atoms with Gasteiger partial charge in [-0.25, -0.2) is 0 Å². The van der Waals surface area contributed by atoms with E-state index < -0.39 is 0 Å². The minimum Gasteiger partial charge on any atom is -0.383 e. The van der Waals surface area contributed by atoms with E-state index in [0.29, 0.717) is 18.7 Å². The Balaban J connectivity index is 1.64. The molecule has 2 aliphatic carbocycles. The number of Topliss-reactive ketones (excluding diaryl/α,β-unsaturated/α-hetero) is 1. The third kappa shape index (κ3) is 3.21. The lowest BCUT2D eigenvalue weighted by Crippen LogP contribution is -2.61. The molecule has 3 aliphatic rings. The van der Waals surface area contributed by atoms with Gasteiger partial charge in [0.25, 0.3) is 5.91 Å². The predicted octanol–water partition coefficient (Wildman–Crippen LogP) is 2.64. The van der Waals surface area contributed by atoms with Crippen LogP contribution in [0.4, 0.5) is 0 Å². The number of hydrogen-bond donors (Lipinski definition) is 1. The number of methoxy groups -OCH3 is 1. The minimum absolute atomic E-state index is 0.0155. The van der Waals surface area contributed by atoms with E-state index in [1.54, 1.807) is 13.2 Å². The molecule has 3 atom stereocenters. The maximum Gasteiger partial charge on any atom is 0.251 e. The molecule has 2 fully saturated rings. The summed E-state index contributed by atoms with van der Waals surface area (Å²) >= 11 is 0. The molecular weight excluding hydrogens is 340 g/mol. The van der Waals surface area contributed by atoms with E-state index in [0.717, 1.165) is 36.6 Å². The molecule has 146 valence electrons. The van der Waals surface area contributed by atoms with Crippen molar-refractivity contribution >= 4 is 11.7 Å². The first-order chi connectivity index (χ1) is 13.0. The van der Waals surface area contributed by atoms with Crippen molar-refractivity contribution in [2.24, 2.45) is 11.8 Å². The molecule has 1 aromatic carbocycles. The quantitative estimate of drug-likeness (QED) is 0.782. The van der Waals surface area contributed by atoms with E-state index in [1.807, 2.05) is 12.1 Å². The van der Waals surface area contributed by atoms with Crippen molar-refractivity contribution in [3.63, 3.8) is 0 Å². The van der Waals surface area contributed by atoms with Gasteiger partial charge >= 0.3 is 0 Å². The van der Waals surface area contributed by atoms with Gasteiger partial charge in [0.15, 0.2) is 5.78 Å². The van der Waals surface area contributed by atoms with E-state index in [4.69, 9.17) is 4.74 Å². The third-order valence-corrected chi connectivity index (χ3v) is 7.00. The van der Waals surface area contributed by atoms with Gasteiger partial charge in [-0.15, -0.1) is 0 Å². The van der Waals surface area contributed by atoms with Crippen LogP contribution in [-0.4, -0.2) is 56.0 Å². The van der Waals surface area contributed by atoms with Gasteiger partial charge in [-0.2, -0.15) is 0 Å². The number of rotatable bonds is 6. The van der Waals surface area contributed by atoms with Gasteiger partial charge in [-0.1, -0.05) is 19.9 Å². The highest BCUT2D eigenvalue weighted by molar-refractivity contribution is 6.05. The lowest BCUT2D eigenvalue weighted by atomic mass is 9.58. The largest absolute Gasteiger partial charge is 0.383 e. The summed E-state index contributed by atoms with van der Waals surface area (Å²) in [4.78, 5) is 28.2. The minimum atomic E-state index is -0.105. The number of nitrogens with zero attached hydrogens (tertiary/aromatic N) is 1. The number of piperidine rings is 1. The summed E-state index contributed by atoms with van der Waals surface area (Å²) in [6.45, 7) is 7.50. The molecule has 1 saturated heterocycles. The van der Waals surface area contributed by atoms with Crippen molar-refractivity contribution in [2.45, 2.75) is 44.6 Å². The molecule has 1 aromatic rings. The number of likely N-dealkylation sites (tertiary alicyclic amines) is 1. The smallest absolute Gasteiger partial charge is 0.251 e. The molecule has 1 aliphatic heterocycles. The predicted molar refractivity (Wildman–Crippen MR) is 104 cm³/mol. The van der Waals surface area contributed by atoms with Crippen LogP contribution in [0.15, 0.2) is 18.2 Å². The second-order valence-electron chi connectivity index (χ2n) is 8.71. The number of fused-ring (bicyclic) bond motifs is 4. The van der Waals surface area contributed by atoms with Crippen LogP contribution in [0.3, 0.4) is 0 Å². The van der Waals surface area contributed by atoms with Crippen molar-refractivity contribution in [3.05, 3.63) is 34.9 Å². The number of carbonyl (C=O) groups excluding carboxylic acids is 2. The van der Waals surface area contributed by atoms with Gasteiger partial charge < -0.3 is 10.1 Å². The summed E-state index contributed by atoms with van der Waals surface area (Å²) in [5.41, 5.74) is 2.44. The van der Waals surface area contributed by atoms with E-state index in [1.165, 1.54) is 12.8 Å². The third-order valence-electron chi connectivity index (χ3n) is 7.00. The molecule has 1 saturated carbocycles. The van der Waals surface area contributed by atoms with Crippen LogP contribution in [0.25, 0.3) is 0 Å². The van der Waals surface area contributed by atoms with Crippen molar-refractivity contribution in [2.75, 3.05) is 33.4 Å². The average Bonchev–Trinajstić information content (AvgIpc) is 3.47. The molecule has 1 heterocycles. The summed E-state index contributed by atoms with van der Waals surface area (Å²) in [5, 5.41) is 2.88. The number of hydrogen-bond acceptors (Lipinski definition) is 4. The van der Waals surface area contributed by atoms with Crippen LogP contribution in [-0.2, 0) is 10.2 Å². The Morgan fingerprint density at radius 3 is 2.85 bits per heavy atom. The summed E-state index contributed by atoms with van der Waals surface area (Å²) in [6, 6.07) is 5.61. The highest BCUT2D eigenvalue weighted by Gasteiger charge is 2.52. The second kappa shape index (κ2) is 7.02. The zero-order valence-corrected chi connectivity index (χ0v) is 16.6. The Morgan fingerprint density at radius 1 is 1.37 bits per heavy atom. The topological polar surface area (TPSA) is 58.6 Å². The summed E-state index contributed by atoms with van der Waals surface area (Å²) in [6.07, 6.45) is 3.65. The lowest BCUT2D eigenvalue weighted by molar-refractivity contribution is 0.0265. The highest BCUT2D eigenvalue weighted by Crippen LogP contribution is 2.49. The van der Waals surface area contributed by atoms with Gasteiger partial charge in [0.05, 0.1) is 12.6 Å². The van der Waals surface area contributed by atoms with Crippen LogP contribution in [0.2, 0.25) is 0 Å². The fourth-order valence-corrected chi connectivity index (χ4v) is 4.92. The Morgan fingerprint density at radius 2 is 2.15 bits per heavy atom. The number of amides is 1. The first-order valence-electron chi connectivity index (χ1n) is 10.2.